The number of rotatable bonds is 0. The monoisotopic (exact) mass is 154 g/mol. The first-order chi connectivity index (χ1) is 4.92. The van der Waals surface area contributed by atoms with Gasteiger partial charge in [0.15, 0.2) is 0 Å². The van der Waals surface area contributed by atoms with E-state index < -0.39 is 0 Å². The first-order valence-corrected chi connectivity index (χ1v) is 4.45. The van der Waals surface area contributed by atoms with E-state index in [2.05, 4.69) is 27.7 Å². The molecule has 0 aromatic carbocycles. The van der Waals surface area contributed by atoms with Gasteiger partial charge in [-0.3, -0.25) is 4.79 Å². The summed E-state index contributed by atoms with van der Waals surface area (Å²) in [5.41, 5.74) is 0.253. The van der Waals surface area contributed by atoms with E-state index in [9.17, 15) is 4.79 Å². The Morgan fingerprint density at radius 3 is 2.36 bits per heavy atom. The molecule has 0 heterocycles. The number of carbonyl (C=O) groups excluding carboxylic acids is 1. The summed E-state index contributed by atoms with van der Waals surface area (Å²) in [5, 5.41) is 0. The van der Waals surface area contributed by atoms with Gasteiger partial charge in [-0.2, -0.15) is 0 Å². The second-order valence-electron chi connectivity index (χ2n) is 4.78. The Bertz CT molecular complexity index is 170. The summed E-state index contributed by atoms with van der Waals surface area (Å²) < 4.78 is 0. The predicted molar refractivity (Wildman–Crippen MR) is 46.4 cm³/mol. The van der Waals surface area contributed by atoms with E-state index in [0.29, 0.717) is 17.6 Å². The third-order valence-electron chi connectivity index (χ3n) is 2.89. The summed E-state index contributed by atoms with van der Waals surface area (Å²) in [6.07, 6.45) is 1.97. The van der Waals surface area contributed by atoms with Crippen LogP contribution in [-0.2, 0) is 4.79 Å². The Morgan fingerprint density at radius 1 is 1.36 bits per heavy atom. The van der Waals surface area contributed by atoms with Crippen molar-refractivity contribution >= 4 is 5.78 Å². The van der Waals surface area contributed by atoms with E-state index in [1.54, 1.807) is 0 Å². The molecule has 0 radical (unpaired) electrons. The van der Waals surface area contributed by atoms with Crippen molar-refractivity contribution in [3.05, 3.63) is 0 Å². The third-order valence-corrected chi connectivity index (χ3v) is 2.89. The summed E-state index contributed by atoms with van der Waals surface area (Å²) in [6.45, 7) is 8.62. The maximum atomic E-state index is 11.4. The van der Waals surface area contributed by atoms with E-state index >= 15 is 0 Å². The topological polar surface area (TPSA) is 17.1 Å². The molecule has 0 aromatic rings. The molecular weight excluding hydrogens is 136 g/mol. The first-order valence-electron chi connectivity index (χ1n) is 4.45. The van der Waals surface area contributed by atoms with Gasteiger partial charge in [0.2, 0.25) is 0 Å². The molecule has 2 unspecified atom stereocenters. The molecule has 0 amide bonds. The molecule has 0 bridgehead atoms. The summed E-state index contributed by atoms with van der Waals surface area (Å²) in [5.74, 6) is 1.32. The molecule has 1 aliphatic rings. The van der Waals surface area contributed by atoms with Gasteiger partial charge in [-0.1, -0.05) is 27.7 Å². The van der Waals surface area contributed by atoms with Gasteiger partial charge in [0.05, 0.1) is 0 Å². The lowest BCUT2D eigenvalue weighted by Crippen LogP contribution is -2.34. The van der Waals surface area contributed by atoms with Crippen molar-refractivity contribution in [2.75, 3.05) is 0 Å². The second kappa shape index (κ2) is 2.62. The molecule has 64 valence electrons. The minimum Gasteiger partial charge on any atom is -0.299 e. The highest BCUT2D eigenvalue weighted by Gasteiger charge is 2.35. The summed E-state index contributed by atoms with van der Waals surface area (Å²) in [6, 6.07) is 0. The lowest BCUT2D eigenvalue weighted by atomic mass is 9.68. The van der Waals surface area contributed by atoms with Crippen LogP contribution in [0.2, 0.25) is 0 Å². The summed E-state index contributed by atoms with van der Waals surface area (Å²) in [7, 11) is 0. The fourth-order valence-corrected chi connectivity index (χ4v) is 2.07. The largest absolute Gasteiger partial charge is 0.299 e. The van der Waals surface area contributed by atoms with Crippen LogP contribution in [0.25, 0.3) is 0 Å². The van der Waals surface area contributed by atoms with Gasteiger partial charge in [-0.05, 0) is 17.8 Å². The lowest BCUT2D eigenvalue weighted by Gasteiger charge is -2.36. The normalized spacial score (nSPS) is 37.3. The van der Waals surface area contributed by atoms with Crippen LogP contribution in [0.4, 0.5) is 0 Å². The van der Waals surface area contributed by atoms with E-state index in [-0.39, 0.29) is 5.41 Å². The van der Waals surface area contributed by atoms with Gasteiger partial charge >= 0.3 is 0 Å². The summed E-state index contributed by atoms with van der Waals surface area (Å²) >= 11 is 0. The van der Waals surface area contributed by atoms with Crippen molar-refractivity contribution in [2.45, 2.75) is 40.5 Å². The molecule has 1 nitrogen and oxygen atoms in total. The third kappa shape index (κ3) is 1.82. The standard InChI is InChI=1S/C10H18O/c1-7-5-10(3,4)6-9(11)8(7)2/h7-8H,5-6H2,1-4H3. The molecular formula is C10H18O. The molecule has 11 heavy (non-hydrogen) atoms. The maximum absolute atomic E-state index is 11.4. The molecule has 0 aliphatic heterocycles. The number of hydrogen-bond acceptors (Lipinski definition) is 1. The molecule has 1 aliphatic carbocycles. The Morgan fingerprint density at radius 2 is 1.91 bits per heavy atom. The fraction of sp³-hybridized carbons (Fsp3) is 0.900. The van der Waals surface area contributed by atoms with E-state index in [1.165, 1.54) is 6.42 Å². The van der Waals surface area contributed by atoms with Crippen molar-refractivity contribution in [2.24, 2.45) is 17.3 Å². The Hall–Kier alpha value is -0.330. The molecule has 1 rings (SSSR count). The van der Waals surface area contributed by atoms with Gasteiger partial charge in [0, 0.05) is 12.3 Å². The highest BCUT2D eigenvalue weighted by atomic mass is 16.1. The highest BCUT2D eigenvalue weighted by Crippen LogP contribution is 2.39. The number of hydrogen-bond donors (Lipinski definition) is 0. The predicted octanol–water partition coefficient (Wildman–Crippen LogP) is 2.65. The number of Topliss-reactive ketones (excluding diaryl/α,β-unsaturated/α-hetero) is 1. The van der Waals surface area contributed by atoms with Crippen LogP contribution in [0.5, 0.6) is 0 Å². The van der Waals surface area contributed by atoms with Crippen molar-refractivity contribution in [3.63, 3.8) is 0 Å². The summed E-state index contributed by atoms with van der Waals surface area (Å²) in [4.78, 5) is 11.4. The Kier molecular flexibility index (Phi) is 2.08. The zero-order valence-corrected chi connectivity index (χ0v) is 7.98. The number of ketones is 1. The maximum Gasteiger partial charge on any atom is 0.136 e. The van der Waals surface area contributed by atoms with Crippen LogP contribution >= 0.6 is 0 Å². The molecule has 1 fully saturated rings. The Labute approximate surface area is 69.2 Å². The molecule has 0 aromatic heterocycles. The van der Waals surface area contributed by atoms with Crippen LogP contribution in [0.3, 0.4) is 0 Å². The molecule has 1 saturated carbocycles. The average Bonchev–Trinajstić information content (AvgIpc) is 1.81. The Balaban J connectivity index is 2.70. The SMILES string of the molecule is CC1CC(C)(C)CC(=O)C1C. The van der Waals surface area contributed by atoms with E-state index in [4.69, 9.17) is 0 Å². The highest BCUT2D eigenvalue weighted by molar-refractivity contribution is 5.82. The van der Waals surface area contributed by atoms with Gasteiger partial charge in [-0.25, -0.2) is 0 Å². The number of carbonyl (C=O) groups is 1. The lowest BCUT2D eigenvalue weighted by molar-refractivity contribution is -0.129. The van der Waals surface area contributed by atoms with Gasteiger partial charge in [-0.15, -0.1) is 0 Å². The average molecular weight is 154 g/mol. The molecule has 1 heteroatoms. The van der Waals surface area contributed by atoms with Crippen LogP contribution in [0.15, 0.2) is 0 Å². The molecule has 2 atom stereocenters. The van der Waals surface area contributed by atoms with Crippen LogP contribution in [0.1, 0.15) is 40.5 Å². The second-order valence-corrected chi connectivity index (χ2v) is 4.78. The minimum atomic E-state index is 0.253. The van der Waals surface area contributed by atoms with Gasteiger partial charge < -0.3 is 0 Å². The van der Waals surface area contributed by atoms with E-state index in [1.807, 2.05) is 0 Å². The smallest absolute Gasteiger partial charge is 0.136 e. The zero-order valence-electron chi connectivity index (χ0n) is 7.98. The minimum absolute atomic E-state index is 0.253. The van der Waals surface area contributed by atoms with Crippen molar-refractivity contribution in [1.82, 2.24) is 0 Å². The quantitative estimate of drug-likeness (QED) is 0.524. The van der Waals surface area contributed by atoms with Crippen LogP contribution in [-0.4, -0.2) is 5.78 Å². The van der Waals surface area contributed by atoms with Crippen molar-refractivity contribution < 1.29 is 4.79 Å². The van der Waals surface area contributed by atoms with Crippen molar-refractivity contribution in [1.29, 1.82) is 0 Å². The van der Waals surface area contributed by atoms with Gasteiger partial charge in [0.1, 0.15) is 5.78 Å². The van der Waals surface area contributed by atoms with E-state index in [0.717, 1.165) is 6.42 Å². The van der Waals surface area contributed by atoms with Crippen molar-refractivity contribution in [3.8, 4) is 0 Å². The van der Waals surface area contributed by atoms with Gasteiger partial charge in [0.25, 0.3) is 0 Å². The molecule has 0 spiro atoms. The molecule has 0 saturated heterocycles. The first kappa shape index (κ1) is 8.76. The zero-order chi connectivity index (χ0) is 8.65. The van der Waals surface area contributed by atoms with Crippen LogP contribution < -0.4 is 0 Å². The van der Waals surface area contributed by atoms with Crippen LogP contribution in [0, 0.1) is 17.3 Å². The molecule has 0 N–H and O–H groups in total. The fourth-order valence-electron chi connectivity index (χ4n) is 2.07.